The molecule has 0 saturated carbocycles. The average Bonchev–Trinajstić information content (AvgIpc) is 2.53. The zero-order valence-corrected chi connectivity index (χ0v) is 15.0. The van der Waals surface area contributed by atoms with Crippen molar-refractivity contribution in [2.24, 2.45) is 0 Å². The number of halogens is 1. The second-order valence-electron chi connectivity index (χ2n) is 5.62. The maximum atomic E-state index is 12.6. The van der Waals surface area contributed by atoms with Crippen molar-refractivity contribution >= 4 is 23.5 Å². The highest BCUT2D eigenvalue weighted by Gasteiger charge is 2.37. The zero-order valence-electron chi connectivity index (χ0n) is 14.3. The van der Waals surface area contributed by atoms with E-state index in [0.717, 1.165) is 0 Å². The average molecular weight is 366 g/mol. The number of aliphatic carboxylic acids is 1. The van der Waals surface area contributed by atoms with Crippen molar-refractivity contribution in [1.82, 2.24) is 5.32 Å². The van der Waals surface area contributed by atoms with Crippen LogP contribution in [0.5, 0.6) is 0 Å². The van der Waals surface area contributed by atoms with E-state index in [9.17, 15) is 14.7 Å². The molecule has 6 nitrogen and oxygen atoms in total. The lowest BCUT2D eigenvalue weighted by molar-refractivity contribution is -0.140. The second-order valence-corrected chi connectivity index (χ2v) is 6.06. The minimum Gasteiger partial charge on any atom is -0.478 e. The molecule has 0 spiro atoms. The predicted octanol–water partition coefficient (Wildman–Crippen LogP) is 2.85. The van der Waals surface area contributed by atoms with Gasteiger partial charge in [0, 0.05) is 23.5 Å². The van der Waals surface area contributed by atoms with Crippen LogP contribution in [0.15, 0.2) is 46.8 Å². The lowest BCUT2D eigenvalue weighted by Gasteiger charge is -2.29. The van der Waals surface area contributed by atoms with Gasteiger partial charge in [-0.15, -0.1) is 0 Å². The van der Waals surface area contributed by atoms with E-state index in [4.69, 9.17) is 21.1 Å². The smallest absolute Gasteiger partial charge is 0.336 e. The third-order valence-electron chi connectivity index (χ3n) is 3.91. The monoisotopic (exact) mass is 365 g/mol. The summed E-state index contributed by atoms with van der Waals surface area (Å²) in [4.78, 5) is 24.4. The topological polar surface area (TPSA) is 84.9 Å². The van der Waals surface area contributed by atoms with E-state index in [2.05, 4.69) is 5.32 Å². The van der Waals surface area contributed by atoms with Crippen LogP contribution in [-0.4, -0.2) is 37.4 Å². The molecule has 0 radical (unpaired) electrons. The molecule has 1 unspecified atom stereocenters. The number of hydrogen-bond donors (Lipinski definition) is 2. The van der Waals surface area contributed by atoms with Crippen molar-refractivity contribution in [3.05, 3.63) is 57.4 Å². The Morgan fingerprint density at radius 1 is 1.20 bits per heavy atom. The molecule has 1 heterocycles. The number of carboxylic acids is 1. The second kappa shape index (κ2) is 8.18. The summed E-state index contributed by atoms with van der Waals surface area (Å²) in [5.41, 5.74) is 1.98. The van der Waals surface area contributed by atoms with Gasteiger partial charge in [0.25, 0.3) is 0 Å². The standard InChI is InChI=1S/C18H20ClNO5/c1-10-14(17(21)22)16(12-5-4-6-13(19)9-12)15(11(2)20-10)18(23)25-8-7-24-3/h4-6,9,16,20H,7-8H2,1-3H3,(H,21,22). The van der Waals surface area contributed by atoms with Crippen LogP contribution in [-0.2, 0) is 19.1 Å². The van der Waals surface area contributed by atoms with Crippen LogP contribution in [0.25, 0.3) is 0 Å². The first kappa shape index (κ1) is 19.0. The highest BCUT2D eigenvalue weighted by Crippen LogP contribution is 2.39. The summed E-state index contributed by atoms with van der Waals surface area (Å²) >= 11 is 6.07. The molecule has 134 valence electrons. The van der Waals surface area contributed by atoms with E-state index in [1.165, 1.54) is 7.11 Å². The SMILES string of the molecule is COCCOC(=O)C1=C(C)NC(C)=C(C(=O)O)C1c1cccc(Cl)c1. The van der Waals surface area contributed by atoms with Crippen molar-refractivity contribution in [3.63, 3.8) is 0 Å². The summed E-state index contributed by atoms with van der Waals surface area (Å²) in [5.74, 6) is -2.46. The maximum Gasteiger partial charge on any atom is 0.336 e. The Bertz CT molecular complexity index is 754. The lowest BCUT2D eigenvalue weighted by Crippen LogP contribution is -2.32. The largest absolute Gasteiger partial charge is 0.478 e. The molecule has 1 aromatic rings. The number of benzene rings is 1. The molecule has 1 aliphatic heterocycles. The number of carbonyl (C=O) groups excluding carboxylic acids is 1. The summed E-state index contributed by atoms with van der Waals surface area (Å²) in [7, 11) is 1.50. The van der Waals surface area contributed by atoms with Gasteiger partial charge in [0.05, 0.1) is 23.7 Å². The van der Waals surface area contributed by atoms with Gasteiger partial charge >= 0.3 is 11.9 Å². The van der Waals surface area contributed by atoms with Crippen molar-refractivity contribution in [2.75, 3.05) is 20.3 Å². The van der Waals surface area contributed by atoms with Gasteiger partial charge < -0.3 is 19.9 Å². The van der Waals surface area contributed by atoms with Gasteiger partial charge in [0.1, 0.15) is 6.61 Å². The molecule has 2 N–H and O–H groups in total. The fourth-order valence-corrected chi connectivity index (χ4v) is 3.06. The minimum atomic E-state index is -1.11. The van der Waals surface area contributed by atoms with Crippen LogP contribution in [0.3, 0.4) is 0 Å². The number of esters is 1. The van der Waals surface area contributed by atoms with Gasteiger partial charge in [-0.25, -0.2) is 9.59 Å². The van der Waals surface area contributed by atoms with Crippen LogP contribution in [0.4, 0.5) is 0 Å². The molecule has 0 bridgehead atoms. The van der Waals surface area contributed by atoms with Gasteiger partial charge in [-0.05, 0) is 31.5 Å². The summed E-state index contributed by atoms with van der Waals surface area (Å²) in [6.45, 7) is 3.72. The molecule has 1 aromatic carbocycles. The van der Waals surface area contributed by atoms with Gasteiger partial charge in [0.2, 0.25) is 0 Å². The number of carbonyl (C=O) groups is 2. The Kier molecular flexibility index (Phi) is 6.22. The van der Waals surface area contributed by atoms with Gasteiger partial charge in [-0.2, -0.15) is 0 Å². The third kappa shape index (κ3) is 4.21. The quantitative estimate of drug-likeness (QED) is 0.595. The minimum absolute atomic E-state index is 0.0828. The van der Waals surface area contributed by atoms with Gasteiger partial charge in [0.15, 0.2) is 0 Å². The number of rotatable bonds is 6. The number of carboxylic acid groups (broad SMARTS) is 1. The maximum absolute atomic E-state index is 12.6. The molecule has 0 aromatic heterocycles. The number of methoxy groups -OCH3 is 1. The molecule has 0 fully saturated rings. The predicted molar refractivity (Wildman–Crippen MR) is 93.2 cm³/mol. The number of dihydropyridines is 1. The third-order valence-corrected chi connectivity index (χ3v) is 4.15. The van der Waals surface area contributed by atoms with Crippen LogP contribution < -0.4 is 5.32 Å². The molecule has 7 heteroatoms. The van der Waals surface area contributed by atoms with E-state index in [1.807, 2.05) is 0 Å². The Hall–Kier alpha value is -2.31. The van der Waals surface area contributed by atoms with Crippen molar-refractivity contribution in [3.8, 4) is 0 Å². The fraction of sp³-hybridized carbons (Fsp3) is 0.333. The normalized spacial score (nSPS) is 17.4. The number of allylic oxidation sites excluding steroid dienone is 2. The molecular weight excluding hydrogens is 346 g/mol. The molecule has 1 aliphatic rings. The number of nitrogens with one attached hydrogen (secondary N) is 1. The fourth-order valence-electron chi connectivity index (χ4n) is 2.86. The van der Waals surface area contributed by atoms with Crippen molar-refractivity contribution < 1.29 is 24.2 Å². The number of ether oxygens (including phenoxy) is 2. The Balaban J connectivity index is 2.52. The molecule has 0 saturated heterocycles. The first-order valence-electron chi connectivity index (χ1n) is 7.70. The molecule has 1 atom stereocenters. The van der Waals surface area contributed by atoms with Crippen LogP contribution in [0.1, 0.15) is 25.3 Å². The van der Waals surface area contributed by atoms with Crippen LogP contribution >= 0.6 is 11.6 Å². The summed E-state index contributed by atoms with van der Waals surface area (Å²) in [6, 6.07) is 6.81. The molecule has 0 amide bonds. The molecule has 0 aliphatic carbocycles. The van der Waals surface area contributed by atoms with Gasteiger partial charge in [-0.1, -0.05) is 23.7 Å². The Morgan fingerprint density at radius 3 is 2.48 bits per heavy atom. The van der Waals surface area contributed by atoms with Crippen molar-refractivity contribution in [2.45, 2.75) is 19.8 Å². The van der Waals surface area contributed by atoms with Gasteiger partial charge in [-0.3, -0.25) is 0 Å². The highest BCUT2D eigenvalue weighted by molar-refractivity contribution is 6.30. The summed E-state index contributed by atoms with van der Waals surface area (Å²) in [6.07, 6.45) is 0. The summed E-state index contributed by atoms with van der Waals surface area (Å²) in [5, 5.41) is 13.1. The summed E-state index contributed by atoms with van der Waals surface area (Å²) < 4.78 is 10.1. The van der Waals surface area contributed by atoms with E-state index in [0.29, 0.717) is 22.0 Å². The lowest BCUT2D eigenvalue weighted by atomic mass is 9.80. The zero-order chi connectivity index (χ0) is 18.6. The van der Waals surface area contributed by atoms with E-state index >= 15 is 0 Å². The molecule has 25 heavy (non-hydrogen) atoms. The Morgan fingerprint density at radius 2 is 1.88 bits per heavy atom. The van der Waals surface area contributed by atoms with E-state index in [-0.39, 0.29) is 24.4 Å². The molecule has 2 rings (SSSR count). The van der Waals surface area contributed by atoms with E-state index < -0.39 is 17.9 Å². The van der Waals surface area contributed by atoms with Crippen LogP contribution in [0.2, 0.25) is 5.02 Å². The first-order valence-corrected chi connectivity index (χ1v) is 8.08. The van der Waals surface area contributed by atoms with E-state index in [1.54, 1.807) is 38.1 Å². The Labute approximate surface area is 151 Å². The van der Waals surface area contributed by atoms with Crippen LogP contribution in [0, 0.1) is 0 Å². The van der Waals surface area contributed by atoms with Crippen molar-refractivity contribution in [1.29, 1.82) is 0 Å². The highest BCUT2D eigenvalue weighted by atomic mass is 35.5. The first-order chi connectivity index (χ1) is 11.9. The number of hydrogen-bond acceptors (Lipinski definition) is 5. The molecular formula is C18H20ClNO5.